The summed E-state index contributed by atoms with van der Waals surface area (Å²) in [6.45, 7) is 3.86. The van der Waals surface area contributed by atoms with Crippen LogP contribution in [0.2, 0.25) is 0 Å². The predicted octanol–water partition coefficient (Wildman–Crippen LogP) is 3.11. The summed E-state index contributed by atoms with van der Waals surface area (Å²) in [5, 5.41) is 0. The zero-order valence-corrected chi connectivity index (χ0v) is 16.6. The lowest BCUT2D eigenvalue weighted by Crippen LogP contribution is -2.24. The van der Waals surface area contributed by atoms with Crippen molar-refractivity contribution in [3.63, 3.8) is 0 Å². The Labute approximate surface area is 165 Å². The normalized spacial score (nSPS) is 17.6. The maximum absolute atomic E-state index is 12.1. The number of hydrogen-bond acceptors (Lipinski definition) is 4. The lowest BCUT2D eigenvalue weighted by Gasteiger charge is -2.25. The molecule has 0 saturated carbocycles. The predicted molar refractivity (Wildman–Crippen MR) is 108 cm³/mol. The van der Waals surface area contributed by atoms with Crippen LogP contribution in [0, 0.1) is 6.92 Å². The van der Waals surface area contributed by atoms with Gasteiger partial charge in [-0.2, -0.15) is 0 Å². The zero-order chi connectivity index (χ0) is 19.7. The first kappa shape index (κ1) is 19.1. The van der Waals surface area contributed by atoms with Crippen LogP contribution in [0.25, 0.3) is 11.1 Å². The average molecular weight is 381 g/mol. The van der Waals surface area contributed by atoms with Gasteiger partial charge >= 0.3 is 0 Å². The van der Waals surface area contributed by atoms with Crippen molar-refractivity contribution in [3.8, 4) is 11.1 Å². The number of fused-ring (bicyclic) bond motifs is 1. The molecule has 0 spiro atoms. The van der Waals surface area contributed by atoms with Gasteiger partial charge < -0.3 is 14.0 Å². The maximum atomic E-state index is 12.1. The fourth-order valence-electron chi connectivity index (χ4n) is 4.19. The molecule has 2 heterocycles. The van der Waals surface area contributed by atoms with E-state index in [1.165, 1.54) is 5.56 Å². The Kier molecular flexibility index (Phi) is 5.47. The van der Waals surface area contributed by atoms with Crippen molar-refractivity contribution >= 4 is 5.78 Å². The van der Waals surface area contributed by atoms with E-state index in [1.807, 2.05) is 19.2 Å². The third-order valence-electron chi connectivity index (χ3n) is 5.82. The van der Waals surface area contributed by atoms with Gasteiger partial charge in [0.25, 0.3) is 5.56 Å². The van der Waals surface area contributed by atoms with E-state index in [1.54, 1.807) is 11.6 Å². The summed E-state index contributed by atoms with van der Waals surface area (Å²) in [6, 6.07) is 6.26. The second-order valence-corrected chi connectivity index (χ2v) is 7.94. The minimum absolute atomic E-state index is 0.0235. The molecule has 0 amide bonds. The molecule has 148 valence electrons. The van der Waals surface area contributed by atoms with Crippen molar-refractivity contribution in [2.45, 2.75) is 51.7 Å². The lowest BCUT2D eigenvalue weighted by molar-refractivity contribution is -0.118. The third-order valence-corrected chi connectivity index (χ3v) is 5.82. The minimum Gasteiger partial charge on any atom is -0.381 e. The van der Waals surface area contributed by atoms with Crippen molar-refractivity contribution in [1.82, 2.24) is 4.57 Å². The number of ketones is 1. The third kappa shape index (κ3) is 3.96. The van der Waals surface area contributed by atoms with Gasteiger partial charge in [-0.1, -0.05) is 6.07 Å². The van der Waals surface area contributed by atoms with Crippen LogP contribution in [0.3, 0.4) is 0 Å². The Morgan fingerprint density at radius 1 is 1.11 bits per heavy atom. The first-order chi connectivity index (χ1) is 13.5. The number of hydrogen-bond donors (Lipinski definition) is 0. The number of carbonyl (C=O) groups excluding carboxylic acids is 1. The molecule has 4 rings (SSSR count). The van der Waals surface area contributed by atoms with Gasteiger partial charge in [-0.15, -0.1) is 0 Å². The van der Waals surface area contributed by atoms with Gasteiger partial charge in [-0.05, 0) is 66.1 Å². The highest BCUT2D eigenvalue weighted by Gasteiger charge is 2.22. The number of rotatable bonds is 4. The first-order valence-electron chi connectivity index (χ1n) is 10.0. The van der Waals surface area contributed by atoms with Crippen LogP contribution in [0.4, 0.5) is 0 Å². The van der Waals surface area contributed by atoms with Crippen LogP contribution in [0.5, 0.6) is 0 Å². The van der Waals surface area contributed by atoms with Crippen molar-refractivity contribution in [2.75, 3.05) is 13.2 Å². The van der Waals surface area contributed by atoms with Crippen LogP contribution >= 0.6 is 0 Å². The second-order valence-electron chi connectivity index (χ2n) is 7.94. The summed E-state index contributed by atoms with van der Waals surface area (Å²) < 4.78 is 13.2. The van der Waals surface area contributed by atoms with Crippen molar-refractivity contribution in [1.29, 1.82) is 0 Å². The summed E-state index contributed by atoms with van der Waals surface area (Å²) in [5.41, 5.74) is 6.31. The Morgan fingerprint density at radius 2 is 1.89 bits per heavy atom. The molecule has 1 aliphatic carbocycles. The molecular formula is C23H27NO4. The molecule has 1 aliphatic heterocycles. The molecular weight excluding hydrogens is 354 g/mol. The van der Waals surface area contributed by atoms with Gasteiger partial charge in [0.1, 0.15) is 5.78 Å². The highest BCUT2D eigenvalue weighted by atomic mass is 16.5. The molecule has 0 atom stereocenters. The Bertz CT molecular complexity index is 928. The number of aryl methyl sites for hydroxylation is 3. The monoisotopic (exact) mass is 381 g/mol. The second kappa shape index (κ2) is 8.02. The molecule has 28 heavy (non-hydrogen) atoms. The molecule has 2 aromatic rings. The van der Waals surface area contributed by atoms with Gasteiger partial charge in [0.15, 0.2) is 0 Å². The molecule has 0 N–H and O–H groups in total. The summed E-state index contributed by atoms with van der Waals surface area (Å²) >= 11 is 0. The van der Waals surface area contributed by atoms with Crippen LogP contribution in [0.15, 0.2) is 29.2 Å². The van der Waals surface area contributed by atoms with E-state index in [9.17, 15) is 9.59 Å². The highest BCUT2D eigenvalue weighted by molar-refractivity contribution is 5.84. The van der Waals surface area contributed by atoms with E-state index in [-0.39, 0.29) is 11.7 Å². The van der Waals surface area contributed by atoms with Gasteiger partial charge in [-0.3, -0.25) is 9.59 Å². The molecule has 5 nitrogen and oxygen atoms in total. The zero-order valence-electron chi connectivity index (χ0n) is 16.6. The standard InChI is InChI=1S/C23H27NO4/c1-15-9-18(13-24(2)23(15)26)17-10-16-3-4-20(25)12-22(16)19(11-17)14-28-21-5-7-27-8-6-21/h9-11,13,21H,3-8,12,14H2,1-2H3. The van der Waals surface area contributed by atoms with E-state index in [0.29, 0.717) is 25.2 Å². The molecule has 5 heteroatoms. The molecule has 1 fully saturated rings. The minimum atomic E-state index is 0.0235. The molecule has 0 unspecified atom stereocenters. The van der Waals surface area contributed by atoms with Crippen molar-refractivity contribution in [3.05, 3.63) is 57.0 Å². The number of carbonyl (C=O) groups is 1. The average Bonchev–Trinajstić information content (AvgIpc) is 2.70. The van der Waals surface area contributed by atoms with E-state index < -0.39 is 0 Å². The number of benzene rings is 1. The van der Waals surface area contributed by atoms with Gasteiger partial charge in [0.05, 0.1) is 12.7 Å². The Hall–Kier alpha value is -2.24. The van der Waals surface area contributed by atoms with E-state index >= 15 is 0 Å². The quantitative estimate of drug-likeness (QED) is 0.817. The highest BCUT2D eigenvalue weighted by Crippen LogP contribution is 2.31. The Balaban J connectivity index is 1.70. The SMILES string of the molecule is Cc1cc(-c2cc3c(c(COC4CCOCC4)c2)CC(=O)CC3)cn(C)c1=O. The number of pyridine rings is 1. The molecule has 1 aromatic carbocycles. The van der Waals surface area contributed by atoms with Crippen LogP contribution in [-0.4, -0.2) is 29.7 Å². The largest absolute Gasteiger partial charge is 0.381 e. The number of nitrogens with zero attached hydrogens (tertiary/aromatic N) is 1. The number of Topliss-reactive ketones (excluding diaryl/α,β-unsaturated/α-hetero) is 1. The summed E-state index contributed by atoms with van der Waals surface area (Å²) in [7, 11) is 1.78. The van der Waals surface area contributed by atoms with Gasteiger partial charge in [0, 0.05) is 44.9 Å². The molecule has 0 bridgehead atoms. The van der Waals surface area contributed by atoms with Gasteiger partial charge in [-0.25, -0.2) is 0 Å². The summed E-state index contributed by atoms with van der Waals surface area (Å²) in [6.07, 6.45) is 5.80. The van der Waals surface area contributed by atoms with Crippen molar-refractivity contribution < 1.29 is 14.3 Å². The van der Waals surface area contributed by atoms with E-state index in [4.69, 9.17) is 9.47 Å². The van der Waals surface area contributed by atoms with Crippen LogP contribution in [0.1, 0.15) is 41.5 Å². The smallest absolute Gasteiger partial charge is 0.253 e. The van der Waals surface area contributed by atoms with Gasteiger partial charge in [0.2, 0.25) is 0 Å². The lowest BCUT2D eigenvalue weighted by atomic mass is 9.85. The Morgan fingerprint density at radius 3 is 2.64 bits per heavy atom. The van der Waals surface area contributed by atoms with Crippen LogP contribution < -0.4 is 5.56 Å². The topological polar surface area (TPSA) is 57.5 Å². The molecule has 1 saturated heterocycles. The number of ether oxygens (including phenoxy) is 2. The fourth-order valence-corrected chi connectivity index (χ4v) is 4.19. The van der Waals surface area contributed by atoms with Crippen molar-refractivity contribution in [2.24, 2.45) is 7.05 Å². The van der Waals surface area contributed by atoms with E-state index in [2.05, 4.69) is 12.1 Å². The molecule has 1 aromatic heterocycles. The van der Waals surface area contributed by atoms with E-state index in [0.717, 1.165) is 60.3 Å². The first-order valence-corrected chi connectivity index (χ1v) is 10.0. The number of aromatic nitrogens is 1. The summed E-state index contributed by atoms with van der Waals surface area (Å²) in [4.78, 5) is 24.1. The molecule has 0 radical (unpaired) electrons. The fraction of sp³-hybridized carbons (Fsp3) is 0.478. The maximum Gasteiger partial charge on any atom is 0.253 e. The van der Waals surface area contributed by atoms with Crippen LogP contribution in [-0.2, 0) is 40.8 Å². The summed E-state index contributed by atoms with van der Waals surface area (Å²) in [5.74, 6) is 0.297. The molecule has 2 aliphatic rings.